The van der Waals surface area contributed by atoms with Crippen LogP contribution < -0.4 is 4.57 Å². The summed E-state index contributed by atoms with van der Waals surface area (Å²) in [4.78, 5) is 4.14. The van der Waals surface area contributed by atoms with Gasteiger partial charge in [0.1, 0.15) is 7.05 Å². The van der Waals surface area contributed by atoms with Crippen LogP contribution in [0.3, 0.4) is 0 Å². The lowest BCUT2D eigenvalue weighted by Gasteiger charge is -2.11. The second-order valence-electron chi connectivity index (χ2n) is 6.09. The predicted molar refractivity (Wildman–Crippen MR) is 98.5 cm³/mol. The summed E-state index contributed by atoms with van der Waals surface area (Å²) >= 11 is 0. The van der Waals surface area contributed by atoms with Crippen molar-refractivity contribution in [2.45, 2.75) is 6.92 Å². The highest BCUT2D eigenvalue weighted by atomic mass is 14.9. The third-order valence-corrected chi connectivity index (χ3v) is 4.57. The Morgan fingerprint density at radius 2 is 1.50 bits per heavy atom. The molecule has 4 rings (SSSR count). The summed E-state index contributed by atoms with van der Waals surface area (Å²) < 4.78 is 2.21. The second kappa shape index (κ2) is 5.89. The third kappa shape index (κ3) is 2.37. The number of aromatic nitrogens is 2. The number of benzene rings is 2. The minimum atomic E-state index is 1.19. The Bertz CT molecular complexity index is 1020. The average molecular weight is 311 g/mol. The first kappa shape index (κ1) is 14.6. The zero-order valence-electron chi connectivity index (χ0n) is 13.9. The first-order chi connectivity index (χ1) is 11.8. The van der Waals surface area contributed by atoms with Gasteiger partial charge in [0.15, 0.2) is 6.20 Å². The molecule has 0 saturated carbocycles. The smallest absolute Gasteiger partial charge is 0.220 e. The van der Waals surface area contributed by atoms with Gasteiger partial charge in [-0.15, -0.1) is 0 Å². The van der Waals surface area contributed by atoms with Crippen LogP contribution in [-0.2, 0) is 7.05 Å². The van der Waals surface area contributed by atoms with Crippen molar-refractivity contribution < 1.29 is 4.57 Å². The van der Waals surface area contributed by atoms with Crippen LogP contribution in [0.25, 0.3) is 33.2 Å². The molecule has 0 bridgehead atoms. The summed E-state index contributed by atoms with van der Waals surface area (Å²) in [7, 11) is 2.11. The minimum absolute atomic E-state index is 1.19. The maximum Gasteiger partial charge on any atom is 0.220 e. The van der Waals surface area contributed by atoms with Crippen molar-refractivity contribution in [3.8, 4) is 22.4 Å². The molecule has 4 aromatic rings. The molecule has 24 heavy (non-hydrogen) atoms. The largest absolute Gasteiger partial charge is 0.265 e. The number of hydrogen-bond donors (Lipinski definition) is 0. The fourth-order valence-electron chi connectivity index (χ4n) is 3.36. The van der Waals surface area contributed by atoms with Crippen LogP contribution >= 0.6 is 0 Å². The van der Waals surface area contributed by atoms with E-state index in [9.17, 15) is 0 Å². The topological polar surface area (TPSA) is 16.8 Å². The van der Waals surface area contributed by atoms with Gasteiger partial charge in [-0.05, 0) is 47.9 Å². The molecule has 2 aromatic heterocycles. The van der Waals surface area contributed by atoms with E-state index in [0.29, 0.717) is 0 Å². The van der Waals surface area contributed by atoms with Crippen molar-refractivity contribution in [3.63, 3.8) is 0 Å². The molecule has 2 heterocycles. The van der Waals surface area contributed by atoms with Crippen molar-refractivity contribution in [3.05, 3.63) is 84.8 Å². The molecule has 0 unspecified atom stereocenters. The van der Waals surface area contributed by atoms with Gasteiger partial charge in [-0.2, -0.15) is 0 Å². The van der Waals surface area contributed by atoms with Gasteiger partial charge in [-0.25, -0.2) is 4.57 Å². The van der Waals surface area contributed by atoms with E-state index >= 15 is 0 Å². The SMILES string of the molecule is Cc1ccccc1-c1c2cccc(-c3ccncc3)c2cc[n+]1C. The zero-order valence-corrected chi connectivity index (χ0v) is 13.9. The molecular formula is C22H19N2+. The number of nitrogens with zero attached hydrogens (tertiary/aromatic N) is 2. The van der Waals surface area contributed by atoms with Crippen LogP contribution in [0.5, 0.6) is 0 Å². The molecule has 0 aliphatic carbocycles. The Kier molecular flexibility index (Phi) is 3.58. The highest BCUT2D eigenvalue weighted by Crippen LogP contribution is 2.33. The van der Waals surface area contributed by atoms with Crippen LogP contribution in [0, 0.1) is 6.92 Å². The lowest BCUT2D eigenvalue weighted by Crippen LogP contribution is -2.30. The summed E-state index contributed by atoms with van der Waals surface area (Å²) in [6, 6.07) is 21.4. The molecule has 0 aliphatic heterocycles. The van der Waals surface area contributed by atoms with Crippen LogP contribution in [0.4, 0.5) is 0 Å². The van der Waals surface area contributed by atoms with Crippen molar-refractivity contribution in [2.75, 3.05) is 0 Å². The first-order valence-electron chi connectivity index (χ1n) is 8.13. The highest BCUT2D eigenvalue weighted by Gasteiger charge is 2.18. The summed E-state index contributed by atoms with van der Waals surface area (Å²) in [6.45, 7) is 2.17. The van der Waals surface area contributed by atoms with E-state index in [1.165, 1.54) is 38.7 Å². The molecule has 0 amide bonds. The predicted octanol–water partition coefficient (Wildman–Crippen LogP) is 4.70. The van der Waals surface area contributed by atoms with E-state index in [2.05, 4.69) is 90.4 Å². The van der Waals surface area contributed by atoms with Crippen LogP contribution in [0.15, 0.2) is 79.3 Å². The van der Waals surface area contributed by atoms with E-state index in [1.807, 2.05) is 12.4 Å². The fraction of sp³-hybridized carbons (Fsp3) is 0.0909. The monoisotopic (exact) mass is 311 g/mol. The van der Waals surface area contributed by atoms with Gasteiger partial charge in [0, 0.05) is 29.4 Å². The molecule has 2 nitrogen and oxygen atoms in total. The molecule has 2 aromatic carbocycles. The van der Waals surface area contributed by atoms with E-state index in [-0.39, 0.29) is 0 Å². The van der Waals surface area contributed by atoms with Gasteiger partial charge >= 0.3 is 0 Å². The van der Waals surface area contributed by atoms with Crippen molar-refractivity contribution in [2.24, 2.45) is 7.05 Å². The number of hydrogen-bond acceptors (Lipinski definition) is 1. The highest BCUT2D eigenvalue weighted by molar-refractivity contribution is 6.02. The Labute approximate surface area is 142 Å². The van der Waals surface area contributed by atoms with Crippen molar-refractivity contribution in [1.82, 2.24) is 4.98 Å². The molecule has 0 spiro atoms. The summed E-state index contributed by atoms with van der Waals surface area (Å²) in [6.07, 6.45) is 5.84. The van der Waals surface area contributed by atoms with Crippen molar-refractivity contribution in [1.29, 1.82) is 0 Å². The van der Waals surface area contributed by atoms with Gasteiger partial charge in [-0.3, -0.25) is 4.98 Å². The van der Waals surface area contributed by atoms with E-state index in [1.54, 1.807) is 0 Å². The summed E-state index contributed by atoms with van der Waals surface area (Å²) in [5, 5.41) is 2.53. The molecule has 116 valence electrons. The molecule has 0 N–H and O–H groups in total. The Balaban J connectivity index is 2.06. The molecule has 0 aliphatic rings. The zero-order chi connectivity index (χ0) is 16.5. The van der Waals surface area contributed by atoms with Crippen LogP contribution in [-0.4, -0.2) is 4.98 Å². The van der Waals surface area contributed by atoms with E-state index in [4.69, 9.17) is 0 Å². The van der Waals surface area contributed by atoms with E-state index < -0.39 is 0 Å². The lowest BCUT2D eigenvalue weighted by molar-refractivity contribution is -0.659. The Morgan fingerprint density at radius 1 is 0.750 bits per heavy atom. The quantitative estimate of drug-likeness (QED) is 0.490. The van der Waals surface area contributed by atoms with Crippen LogP contribution in [0.2, 0.25) is 0 Å². The van der Waals surface area contributed by atoms with Gasteiger partial charge < -0.3 is 0 Å². The maximum atomic E-state index is 4.14. The lowest BCUT2D eigenvalue weighted by atomic mass is 9.95. The number of pyridine rings is 2. The Morgan fingerprint density at radius 3 is 2.29 bits per heavy atom. The number of aryl methyl sites for hydroxylation is 2. The summed E-state index contributed by atoms with van der Waals surface area (Å²) in [5.74, 6) is 0. The fourth-order valence-corrected chi connectivity index (χ4v) is 3.36. The molecule has 0 saturated heterocycles. The van der Waals surface area contributed by atoms with Gasteiger partial charge in [0.05, 0.1) is 5.39 Å². The van der Waals surface area contributed by atoms with Crippen LogP contribution in [0.1, 0.15) is 5.56 Å². The average Bonchev–Trinajstić information content (AvgIpc) is 2.63. The molecule has 0 atom stereocenters. The van der Waals surface area contributed by atoms with Gasteiger partial charge in [0.2, 0.25) is 5.69 Å². The third-order valence-electron chi connectivity index (χ3n) is 4.57. The molecule has 2 heteroatoms. The van der Waals surface area contributed by atoms with Crippen molar-refractivity contribution >= 4 is 10.8 Å². The normalized spacial score (nSPS) is 10.9. The van der Waals surface area contributed by atoms with E-state index in [0.717, 1.165) is 0 Å². The molecule has 0 radical (unpaired) electrons. The molecule has 0 fully saturated rings. The van der Waals surface area contributed by atoms with Gasteiger partial charge in [0.25, 0.3) is 0 Å². The maximum absolute atomic E-state index is 4.14. The second-order valence-corrected chi connectivity index (χ2v) is 6.09. The minimum Gasteiger partial charge on any atom is -0.265 e. The number of rotatable bonds is 2. The standard InChI is InChI=1S/C22H19N2/c1-16-6-3-4-7-18(16)22-21-9-5-8-19(17-10-13-23-14-11-17)20(21)12-15-24(22)2/h3-15H,1-2H3/q+1. The Hall–Kier alpha value is -3.00. The summed E-state index contributed by atoms with van der Waals surface area (Å²) in [5.41, 5.74) is 6.25. The molecular weight excluding hydrogens is 292 g/mol. The number of fused-ring (bicyclic) bond motifs is 1. The first-order valence-corrected chi connectivity index (χ1v) is 8.13. The van der Waals surface area contributed by atoms with Gasteiger partial charge in [-0.1, -0.05) is 30.3 Å².